The highest BCUT2D eigenvalue weighted by molar-refractivity contribution is 6.35. The van der Waals surface area contributed by atoms with Crippen LogP contribution in [0.3, 0.4) is 0 Å². The number of fused-ring (bicyclic) bond motifs is 1. The maximum atomic E-state index is 11.6. The second-order valence-electron chi connectivity index (χ2n) is 10.3. The Labute approximate surface area is 236 Å². The van der Waals surface area contributed by atoms with Gasteiger partial charge in [0.1, 0.15) is 18.2 Å². The number of hydrogen-bond acceptors (Lipinski definition) is 5. The average Bonchev–Trinajstić information content (AvgIpc) is 3.50. The first-order chi connectivity index (χ1) is 18.9. The van der Waals surface area contributed by atoms with Crippen molar-refractivity contribution in [1.82, 2.24) is 14.5 Å². The van der Waals surface area contributed by atoms with Gasteiger partial charge in [-0.1, -0.05) is 47.5 Å². The largest absolute Gasteiger partial charge is 0.487 e. The molecule has 2 aliphatic rings. The number of hydrogen-bond donors (Lipinski definition) is 1. The molecule has 3 heterocycles. The van der Waals surface area contributed by atoms with E-state index in [0.717, 1.165) is 55.0 Å². The Kier molecular flexibility index (Phi) is 7.49. The maximum Gasteiger partial charge on any atom is 0.335 e. The van der Waals surface area contributed by atoms with Crippen LogP contribution in [0, 0.1) is 0 Å². The van der Waals surface area contributed by atoms with Gasteiger partial charge in [-0.3, -0.25) is 4.90 Å². The van der Waals surface area contributed by atoms with Gasteiger partial charge in [-0.25, -0.2) is 9.78 Å². The zero-order valence-corrected chi connectivity index (χ0v) is 22.9. The highest BCUT2D eigenvalue weighted by atomic mass is 35.5. The van der Waals surface area contributed by atoms with E-state index in [0.29, 0.717) is 41.4 Å². The number of halogens is 2. The number of nitrogens with zero attached hydrogens (tertiary/aromatic N) is 3. The first-order valence-corrected chi connectivity index (χ1v) is 13.9. The molecule has 0 saturated carbocycles. The van der Waals surface area contributed by atoms with Crippen LogP contribution in [0.4, 0.5) is 0 Å². The van der Waals surface area contributed by atoms with Crippen molar-refractivity contribution in [2.45, 2.75) is 44.6 Å². The van der Waals surface area contributed by atoms with E-state index in [-0.39, 0.29) is 11.7 Å². The van der Waals surface area contributed by atoms with Gasteiger partial charge >= 0.3 is 5.97 Å². The van der Waals surface area contributed by atoms with Crippen molar-refractivity contribution in [3.63, 3.8) is 0 Å². The van der Waals surface area contributed by atoms with Crippen molar-refractivity contribution >= 4 is 40.2 Å². The standard InChI is InChI=1S/C30H29Cl2N3O4/c31-23-5-7-28(25(32)14-23)39-18-19-2-1-3-20(12-19)22-8-10-34(15-22)17-29-33-26-6-4-21(30(36)37)13-27(26)35(29)16-24-9-11-38-24/h1-7,12-14,22,24H,8-11,15-18H2,(H,36,37)/t22-,24-/m0/s1. The molecule has 0 aliphatic carbocycles. The monoisotopic (exact) mass is 565 g/mol. The number of aromatic carboxylic acids is 1. The Morgan fingerprint density at radius 1 is 1.10 bits per heavy atom. The van der Waals surface area contributed by atoms with E-state index >= 15 is 0 Å². The third kappa shape index (κ3) is 5.77. The first kappa shape index (κ1) is 26.1. The third-order valence-electron chi connectivity index (χ3n) is 7.60. The molecule has 2 atom stereocenters. The molecule has 4 aromatic rings. The Balaban J connectivity index is 1.15. The predicted molar refractivity (Wildman–Crippen MR) is 151 cm³/mol. The van der Waals surface area contributed by atoms with Crippen LogP contribution in [0.25, 0.3) is 11.0 Å². The molecule has 0 spiro atoms. The minimum Gasteiger partial charge on any atom is -0.487 e. The Bertz CT molecular complexity index is 1520. The van der Waals surface area contributed by atoms with E-state index in [1.165, 1.54) is 5.56 Å². The van der Waals surface area contributed by atoms with Crippen molar-refractivity contribution in [3.05, 3.63) is 93.2 Å². The molecule has 3 aromatic carbocycles. The summed E-state index contributed by atoms with van der Waals surface area (Å²) in [6.07, 6.45) is 2.21. The number of benzene rings is 3. The molecule has 6 rings (SSSR count). The van der Waals surface area contributed by atoms with Gasteiger partial charge in [0.15, 0.2) is 0 Å². The van der Waals surface area contributed by atoms with Crippen molar-refractivity contribution in [3.8, 4) is 5.75 Å². The van der Waals surface area contributed by atoms with Gasteiger partial charge in [-0.05, 0) is 72.8 Å². The lowest BCUT2D eigenvalue weighted by molar-refractivity contribution is -0.0591. The second kappa shape index (κ2) is 11.2. The van der Waals surface area contributed by atoms with E-state index in [4.69, 9.17) is 37.7 Å². The summed E-state index contributed by atoms with van der Waals surface area (Å²) in [4.78, 5) is 18.9. The van der Waals surface area contributed by atoms with Crippen LogP contribution >= 0.6 is 23.2 Å². The minimum atomic E-state index is -0.933. The highest BCUT2D eigenvalue weighted by Gasteiger charge is 2.27. The van der Waals surface area contributed by atoms with Crippen molar-refractivity contribution in [2.24, 2.45) is 0 Å². The van der Waals surface area contributed by atoms with Gasteiger partial charge in [0.25, 0.3) is 0 Å². The predicted octanol–water partition coefficient (Wildman–Crippen LogP) is 6.40. The Morgan fingerprint density at radius 3 is 2.74 bits per heavy atom. The number of imidazole rings is 1. The van der Waals surface area contributed by atoms with Crippen LogP contribution in [0.2, 0.25) is 10.0 Å². The van der Waals surface area contributed by atoms with Crippen molar-refractivity contribution < 1.29 is 19.4 Å². The van der Waals surface area contributed by atoms with Crippen molar-refractivity contribution in [1.29, 1.82) is 0 Å². The SMILES string of the molecule is O=C(O)c1ccc2nc(CN3CC[C@H](c4cccc(COc5ccc(Cl)cc5Cl)c4)C3)n(C[C@@H]3CCO3)c2c1. The third-order valence-corrected chi connectivity index (χ3v) is 8.13. The minimum absolute atomic E-state index is 0.147. The number of rotatable bonds is 9. The van der Waals surface area contributed by atoms with E-state index in [2.05, 4.69) is 33.7 Å². The number of likely N-dealkylation sites (tertiary alicyclic amines) is 1. The fraction of sp³-hybridized carbons (Fsp3) is 0.333. The molecule has 2 aliphatic heterocycles. The fourth-order valence-corrected chi connectivity index (χ4v) is 5.86. The van der Waals surface area contributed by atoms with Gasteiger partial charge in [0.05, 0.1) is 40.8 Å². The molecule has 39 heavy (non-hydrogen) atoms. The van der Waals surface area contributed by atoms with Crippen LogP contribution in [0.1, 0.15) is 46.1 Å². The molecule has 202 valence electrons. The highest BCUT2D eigenvalue weighted by Crippen LogP contribution is 2.31. The van der Waals surface area contributed by atoms with Gasteiger partial charge in [-0.15, -0.1) is 0 Å². The Morgan fingerprint density at radius 2 is 1.97 bits per heavy atom. The normalized spacial score (nSPS) is 19.3. The summed E-state index contributed by atoms with van der Waals surface area (Å²) < 4.78 is 13.8. The number of carbonyl (C=O) groups is 1. The summed E-state index contributed by atoms with van der Waals surface area (Å²) in [5.41, 5.74) is 4.33. The number of aromatic nitrogens is 2. The van der Waals surface area contributed by atoms with Crippen LogP contribution in [-0.2, 0) is 24.4 Å². The molecular formula is C30H29Cl2N3O4. The summed E-state index contributed by atoms with van der Waals surface area (Å²) in [7, 11) is 0. The van der Waals surface area contributed by atoms with E-state index in [1.807, 2.05) is 0 Å². The van der Waals surface area contributed by atoms with Crippen LogP contribution < -0.4 is 4.74 Å². The van der Waals surface area contributed by atoms with E-state index in [9.17, 15) is 9.90 Å². The maximum absolute atomic E-state index is 11.6. The molecule has 0 bridgehead atoms. The number of carboxylic acids is 1. The van der Waals surface area contributed by atoms with Crippen molar-refractivity contribution in [2.75, 3.05) is 19.7 Å². The molecule has 1 aromatic heterocycles. The summed E-state index contributed by atoms with van der Waals surface area (Å²) >= 11 is 12.2. The van der Waals surface area contributed by atoms with Gasteiger partial charge in [0, 0.05) is 18.2 Å². The molecule has 0 unspecified atom stereocenters. The zero-order chi connectivity index (χ0) is 26.9. The second-order valence-corrected chi connectivity index (χ2v) is 11.1. The lowest BCUT2D eigenvalue weighted by Gasteiger charge is -2.28. The number of ether oxygens (including phenoxy) is 2. The summed E-state index contributed by atoms with van der Waals surface area (Å²) in [5.74, 6) is 1.04. The molecule has 7 nitrogen and oxygen atoms in total. The molecule has 0 amide bonds. The van der Waals surface area contributed by atoms with Crippen LogP contribution in [0.5, 0.6) is 5.75 Å². The molecule has 1 N–H and O–H groups in total. The molecule has 9 heteroatoms. The Hall–Kier alpha value is -3.10. The fourth-order valence-electron chi connectivity index (χ4n) is 5.40. The smallest absolute Gasteiger partial charge is 0.335 e. The molecule has 2 saturated heterocycles. The lowest BCUT2D eigenvalue weighted by Crippen LogP contribution is -2.32. The molecule has 0 radical (unpaired) electrons. The molecule has 2 fully saturated rings. The average molecular weight is 566 g/mol. The number of carboxylic acid groups (broad SMARTS) is 1. The summed E-state index contributed by atoms with van der Waals surface area (Å²) in [5, 5.41) is 10.6. The van der Waals surface area contributed by atoms with Crippen LogP contribution in [-0.4, -0.2) is 51.3 Å². The first-order valence-electron chi connectivity index (χ1n) is 13.2. The molecular weight excluding hydrogens is 537 g/mol. The lowest BCUT2D eigenvalue weighted by atomic mass is 9.97. The zero-order valence-electron chi connectivity index (χ0n) is 21.4. The van der Waals surface area contributed by atoms with Gasteiger partial charge in [-0.2, -0.15) is 0 Å². The summed E-state index contributed by atoms with van der Waals surface area (Å²) in [6.45, 7) is 4.49. The van der Waals surface area contributed by atoms with E-state index < -0.39 is 5.97 Å². The van der Waals surface area contributed by atoms with Crippen LogP contribution in [0.15, 0.2) is 60.7 Å². The van der Waals surface area contributed by atoms with Gasteiger partial charge < -0.3 is 19.1 Å². The van der Waals surface area contributed by atoms with E-state index in [1.54, 1.807) is 36.4 Å². The topological polar surface area (TPSA) is 76.8 Å². The quantitative estimate of drug-likeness (QED) is 0.253. The van der Waals surface area contributed by atoms with Gasteiger partial charge in [0.2, 0.25) is 0 Å². The summed E-state index contributed by atoms with van der Waals surface area (Å²) in [6, 6.07) is 18.9.